The Hall–Kier alpha value is -1.46. The molecule has 1 aromatic carbocycles. The molecular weight excluding hydrogens is 256 g/mol. The molecule has 0 aromatic heterocycles. The van der Waals surface area contributed by atoms with Gasteiger partial charge in [-0.2, -0.15) is 0 Å². The fourth-order valence-corrected chi connectivity index (χ4v) is 3.02. The van der Waals surface area contributed by atoms with Gasteiger partial charge in [0, 0.05) is 44.2 Å². The van der Waals surface area contributed by atoms with Gasteiger partial charge in [-0.3, -0.25) is 0 Å². The molecule has 1 saturated heterocycles. The maximum Gasteiger partial charge on any atom is 0.125 e. The van der Waals surface area contributed by atoms with Crippen molar-refractivity contribution in [3.05, 3.63) is 17.7 Å². The van der Waals surface area contributed by atoms with Gasteiger partial charge in [0.25, 0.3) is 0 Å². The Bertz CT molecular complexity index is 500. The minimum Gasteiger partial charge on any atom is -0.487 e. The Kier molecular flexibility index (Phi) is 3.48. The van der Waals surface area contributed by atoms with Gasteiger partial charge in [0.1, 0.15) is 11.4 Å². The number of nitrogen functional groups attached to an aromatic ring is 1. The number of benzene rings is 1. The summed E-state index contributed by atoms with van der Waals surface area (Å²) >= 11 is 0. The van der Waals surface area contributed by atoms with Gasteiger partial charge in [0.05, 0.1) is 24.6 Å². The maximum atomic E-state index is 9.16. The zero-order valence-electron chi connectivity index (χ0n) is 11.9. The van der Waals surface area contributed by atoms with Crippen molar-refractivity contribution in [1.82, 2.24) is 0 Å². The molecule has 2 heterocycles. The highest BCUT2D eigenvalue weighted by Gasteiger charge is 2.35. The molecule has 0 bridgehead atoms. The van der Waals surface area contributed by atoms with Crippen molar-refractivity contribution in [2.75, 3.05) is 43.5 Å². The minimum atomic E-state index is -0.312. The second-order valence-electron chi connectivity index (χ2n) is 5.82. The van der Waals surface area contributed by atoms with Gasteiger partial charge in [0.2, 0.25) is 0 Å². The summed E-state index contributed by atoms with van der Waals surface area (Å²) < 4.78 is 11.4. The summed E-state index contributed by atoms with van der Waals surface area (Å²) in [4.78, 5) is 2.24. The Balaban J connectivity index is 1.86. The van der Waals surface area contributed by atoms with Crippen molar-refractivity contribution in [1.29, 1.82) is 0 Å². The lowest BCUT2D eigenvalue weighted by Crippen LogP contribution is -2.36. The summed E-state index contributed by atoms with van der Waals surface area (Å²) in [5, 5.41) is 9.16. The first-order valence-corrected chi connectivity index (χ1v) is 7.16. The molecule has 0 aliphatic carbocycles. The fourth-order valence-electron chi connectivity index (χ4n) is 3.02. The topological polar surface area (TPSA) is 68.0 Å². The summed E-state index contributed by atoms with van der Waals surface area (Å²) in [5.41, 5.74) is 8.84. The lowest BCUT2D eigenvalue weighted by atomic mass is 9.96. The Labute approximate surface area is 119 Å². The zero-order chi connectivity index (χ0) is 14.2. The van der Waals surface area contributed by atoms with E-state index in [2.05, 4.69) is 4.90 Å². The fraction of sp³-hybridized carbons (Fsp3) is 0.600. The van der Waals surface area contributed by atoms with Crippen molar-refractivity contribution in [3.8, 4) is 5.75 Å². The molecule has 1 fully saturated rings. The highest BCUT2D eigenvalue weighted by Crippen LogP contribution is 2.41. The Morgan fingerprint density at radius 3 is 2.80 bits per heavy atom. The van der Waals surface area contributed by atoms with E-state index in [4.69, 9.17) is 20.3 Å². The van der Waals surface area contributed by atoms with Crippen LogP contribution in [0.15, 0.2) is 12.1 Å². The van der Waals surface area contributed by atoms with Gasteiger partial charge < -0.3 is 25.2 Å². The van der Waals surface area contributed by atoms with Crippen molar-refractivity contribution < 1.29 is 14.6 Å². The molecule has 2 aliphatic rings. The van der Waals surface area contributed by atoms with Crippen LogP contribution in [0.2, 0.25) is 0 Å². The van der Waals surface area contributed by atoms with E-state index >= 15 is 0 Å². The van der Waals surface area contributed by atoms with Crippen LogP contribution in [0.25, 0.3) is 0 Å². The first kappa shape index (κ1) is 13.5. The van der Waals surface area contributed by atoms with Gasteiger partial charge in [-0.05, 0) is 13.0 Å². The van der Waals surface area contributed by atoms with E-state index in [1.165, 1.54) is 0 Å². The average Bonchev–Trinajstić information content (AvgIpc) is 2.74. The standard InChI is InChI=1S/C15H22N2O3/c1-15(2-5-18)10-11-8-12(16)13(9-14(11)20-15)17-3-6-19-7-4-17/h8-9,18H,2-7,10,16H2,1H3. The van der Waals surface area contributed by atoms with Gasteiger partial charge in [0.15, 0.2) is 0 Å². The molecule has 1 unspecified atom stereocenters. The zero-order valence-corrected chi connectivity index (χ0v) is 11.9. The molecule has 0 radical (unpaired) electrons. The van der Waals surface area contributed by atoms with E-state index in [0.717, 1.165) is 55.4 Å². The molecule has 0 saturated carbocycles. The summed E-state index contributed by atoms with van der Waals surface area (Å²) in [6.07, 6.45) is 1.44. The second-order valence-corrected chi connectivity index (χ2v) is 5.82. The monoisotopic (exact) mass is 278 g/mol. The number of hydrogen-bond donors (Lipinski definition) is 2. The first-order valence-electron chi connectivity index (χ1n) is 7.16. The average molecular weight is 278 g/mol. The molecule has 3 N–H and O–H groups in total. The van der Waals surface area contributed by atoms with Crippen LogP contribution < -0.4 is 15.4 Å². The van der Waals surface area contributed by atoms with Crippen LogP contribution >= 0.6 is 0 Å². The number of aliphatic hydroxyl groups is 1. The molecule has 1 atom stereocenters. The van der Waals surface area contributed by atoms with Gasteiger partial charge >= 0.3 is 0 Å². The van der Waals surface area contributed by atoms with Crippen LogP contribution in [0, 0.1) is 0 Å². The van der Waals surface area contributed by atoms with Crippen molar-refractivity contribution in [2.24, 2.45) is 0 Å². The minimum absolute atomic E-state index is 0.135. The molecule has 0 spiro atoms. The number of nitrogens with two attached hydrogens (primary N) is 1. The first-order chi connectivity index (χ1) is 9.61. The van der Waals surface area contributed by atoms with E-state index in [0.29, 0.717) is 6.42 Å². The number of fused-ring (bicyclic) bond motifs is 1. The highest BCUT2D eigenvalue weighted by atomic mass is 16.5. The molecule has 2 aliphatic heterocycles. The van der Waals surface area contributed by atoms with E-state index in [-0.39, 0.29) is 12.2 Å². The molecule has 1 aromatic rings. The third-order valence-electron chi connectivity index (χ3n) is 4.12. The van der Waals surface area contributed by atoms with Gasteiger partial charge in [-0.15, -0.1) is 0 Å². The lowest BCUT2D eigenvalue weighted by Gasteiger charge is -2.30. The number of nitrogens with zero attached hydrogens (tertiary/aromatic N) is 1. The quantitative estimate of drug-likeness (QED) is 0.813. The summed E-state index contributed by atoms with van der Waals surface area (Å²) in [6, 6.07) is 4.06. The molecule has 110 valence electrons. The molecular formula is C15H22N2O3. The Morgan fingerprint density at radius 2 is 2.10 bits per heavy atom. The van der Waals surface area contributed by atoms with Crippen LogP contribution in [0.1, 0.15) is 18.9 Å². The van der Waals surface area contributed by atoms with Crippen molar-refractivity contribution in [2.45, 2.75) is 25.4 Å². The molecule has 5 nitrogen and oxygen atoms in total. The number of rotatable bonds is 3. The predicted molar refractivity (Wildman–Crippen MR) is 78.3 cm³/mol. The smallest absolute Gasteiger partial charge is 0.125 e. The van der Waals surface area contributed by atoms with E-state index < -0.39 is 0 Å². The second kappa shape index (κ2) is 5.14. The number of hydrogen-bond acceptors (Lipinski definition) is 5. The van der Waals surface area contributed by atoms with Crippen LogP contribution in [0.5, 0.6) is 5.75 Å². The van der Waals surface area contributed by atoms with E-state index in [1.807, 2.05) is 19.1 Å². The maximum absolute atomic E-state index is 9.16. The largest absolute Gasteiger partial charge is 0.487 e. The molecule has 5 heteroatoms. The highest BCUT2D eigenvalue weighted by molar-refractivity contribution is 5.72. The summed E-state index contributed by atoms with van der Waals surface area (Å²) in [6.45, 7) is 5.36. The van der Waals surface area contributed by atoms with Crippen molar-refractivity contribution in [3.63, 3.8) is 0 Å². The third kappa shape index (κ3) is 2.43. The van der Waals surface area contributed by atoms with Crippen LogP contribution in [-0.2, 0) is 11.2 Å². The number of anilines is 2. The van der Waals surface area contributed by atoms with Crippen LogP contribution in [-0.4, -0.2) is 43.6 Å². The SMILES string of the molecule is CC1(CCO)Cc2cc(N)c(N3CCOCC3)cc2O1. The number of ether oxygens (including phenoxy) is 2. The van der Waals surface area contributed by atoms with Gasteiger partial charge in [-0.25, -0.2) is 0 Å². The summed E-state index contributed by atoms with van der Waals surface area (Å²) in [7, 11) is 0. The van der Waals surface area contributed by atoms with Crippen LogP contribution in [0.4, 0.5) is 11.4 Å². The lowest BCUT2D eigenvalue weighted by molar-refractivity contribution is 0.0811. The van der Waals surface area contributed by atoms with Crippen LogP contribution in [0.3, 0.4) is 0 Å². The normalized spacial score (nSPS) is 25.4. The number of aliphatic hydroxyl groups excluding tert-OH is 1. The molecule has 20 heavy (non-hydrogen) atoms. The molecule has 3 rings (SSSR count). The Morgan fingerprint density at radius 1 is 1.35 bits per heavy atom. The number of morpholine rings is 1. The van der Waals surface area contributed by atoms with Gasteiger partial charge in [-0.1, -0.05) is 0 Å². The van der Waals surface area contributed by atoms with Crippen molar-refractivity contribution >= 4 is 11.4 Å². The summed E-state index contributed by atoms with van der Waals surface area (Å²) in [5.74, 6) is 0.900. The predicted octanol–water partition coefficient (Wildman–Crippen LogP) is 1.18. The molecule has 0 amide bonds. The van der Waals surface area contributed by atoms with E-state index in [1.54, 1.807) is 0 Å². The van der Waals surface area contributed by atoms with E-state index in [9.17, 15) is 0 Å². The third-order valence-corrected chi connectivity index (χ3v) is 4.12.